The summed E-state index contributed by atoms with van der Waals surface area (Å²) in [6, 6.07) is 5.73. The molecule has 6 rings (SSSR count). The molecule has 11 nitrogen and oxygen atoms in total. The number of ether oxygens (including phenoxy) is 2. The third-order valence-electron chi connectivity index (χ3n) is 6.79. The molecule has 0 aromatic carbocycles. The maximum atomic E-state index is 13.1. The second kappa shape index (κ2) is 8.91. The van der Waals surface area contributed by atoms with Crippen molar-refractivity contribution >= 4 is 28.4 Å². The number of amides is 1. The van der Waals surface area contributed by atoms with Crippen molar-refractivity contribution in [2.24, 2.45) is 0 Å². The number of rotatable bonds is 5. The first-order chi connectivity index (χ1) is 17.1. The highest BCUT2D eigenvalue weighted by atomic mass is 16.5. The minimum absolute atomic E-state index is 0.206. The summed E-state index contributed by atoms with van der Waals surface area (Å²) >= 11 is 0. The number of anilines is 1. The molecule has 2 aliphatic heterocycles. The highest BCUT2D eigenvalue weighted by molar-refractivity contribution is 6.01. The molecule has 0 saturated carbocycles. The smallest absolute Gasteiger partial charge is 0.257 e. The Morgan fingerprint density at radius 2 is 2.06 bits per heavy atom. The molecule has 0 spiro atoms. The van der Waals surface area contributed by atoms with E-state index in [1.165, 1.54) is 6.20 Å². The van der Waals surface area contributed by atoms with Crippen molar-refractivity contribution in [3.05, 3.63) is 42.4 Å². The van der Waals surface area contributed by atoms with E-state index < -0.39 is 12.1 Å². The van der Waals surface area contributed by atoms with Gasteiger partial charge in [-0.05, 0) is 25.0 Å². The van der Waals surface area contributed by atoms with Gasteiger partial charge in [0.25, 0.3) is 5.91 Å². The minimum Gasteiger partial charge on any atom is -0.388 e. The molecule has 0 radical (unpaired) electrons. The van der Waals surface area contributed by atoms with Gasteiger partial charge in [-0.1, -0.05) is 0 Å². The van der Waals surface area contributed by atoms with Crippen LogP contribution < -0.4 is 10.6 Å². The molecule has 4 aromatic rings. The molecule has 0 aliphatic carbocycles. The summed E-state index contributed by atoms with van der Waals surface area (Å²) in [7, 11) is 1.80. The molecule has 1 amide bonds. The van der Waals surface area contributed by atoms with E-state index in [2.05, 4.69) is 31.5 Å². The number of aliphatic hydroxyl groups excluding tert-OH is 1. The number of hydrogen-bond donors (Lipinski definition) is 3. The average molecular weight is 478 g/mol. The van der Waals surface area contributed by atoms with Gasteiger partial charge in [0.1, 0.15) is 17.0 Å². The zero-order valence-corrected chi connectivity index (χ0v) is 19.3. The van der Waals surface area contributed by atoms with Crippen LogP contribution in [-0.4, -0.2) is 80.8 Å². The fourth-order valence-corrected chi connectivity index (χ4v) is 4.89. The number of fused-ring (bicyclic) bond motifs is 2. The maximum Gasteiger partial charge on any atom is 0.257 e. The van der Waals surface area contributed by atoms with Gasteiger partial charge in [0.2, 0.25) is 0 Å². The lowest BCUT2D eigenvalue weighted by atomic mass is 10.1. The number of aliphatic hydroxyl groups is 1. The number of carbonyl (C=O) groups excluding carboxylic acids is 1. The van der Waals surface area contributed by atoms with E-state index in [0.29, 0.717) is 28.8 Å². The fourth-order valence-electron chi connectivity index (χ4n) is 4.89. The number of pyridine rings is 1. The van der Waals surface area contributed by atoms with Gasteiger partial charge < -0.3 is 29.8 Å². The number of hydrogen-bond acceptors (Lipinski definition) is 8. The van der Waals surface area contributed by atoms with E-state index in [0.717, 1.165) is 42.7 Å². The van der Waals surface area contributed by atoms with E-state index in [9.17, 15) is 9.90 Å². The van der Waals surface area contributed by atoms with E-state index in [1.807, 2.05) is 18.2 Å². The molecular weight excluding hydrogens is 450 g/mol. The number of carbonyl (C=O) groups is 1. The van der Waals surface area contributed by atoms with Crippen LogP contribution in [0.1, 0.15) is 29.2 Å². The molecule has 2 atom stereocenters. The monoisotopic (exact) mass is 477 g/mol. The van der Waals surface area contributed by atoms with Gasteiger partial charge in [0.05, 0.1) is 37.3 Å². The van der Waals surface area contributed by atoms with Crippen LogP contribution in [0.5, 0.6) is 0 Å². The highest BCUT2D eigenvalue weighted by Crippen LogP contribution is 2.34. The number of aromatic nitrogens is 5. The lowest BCUT2D eigenvalue weighted by molar-refractivity contribution is 0.0706. The molecule has 4 aromatic heterocycles. The standard InChI is InChI=1S/C24H27N7O4/c1-25-21-9-18(17-11-30(14-4-7-34-8-5-14)22-15(17)3-2-6-26-22)28-23-16(10-27-31(21)23)24(33)29-19-12-35-13-20(19)32/h2-3,6,9-11,14,19-20,25,32H,4-5,7-8,12-13H2,1H3,(H,29,33)/t19-,20+/m0/s1. The first-order valence-electron chi connectivity index (χ1n) is 11.8. The van der Waals surface area contributed by atoms with Crippen molar-refractivity contribution in [2.45, 2.75) is 31.0 Å². The lowest BCUT2D eigenvalue weighted by Crippen LogP contribution is -2.42. The summed E-state index contributed by atoms with van der Waals surface area (Å²) < 4.78 is 14.6. The molecule has 0 unspecified atom stereocenters. The molecule has 0 bridgehead atoms. The van der Waals surface area contributed by atoms with Crippen molar-refractivity contribution in [1.82, 2.24) is 29.5 Å². The molecule has 2 aliphatic rings. The van der Waals surface area contributed by atoms with E-state index in [1.54, 1.807) is 17.8 Å². The molecule has 2 saturated heterocycles. The van der Waals surface area contributed by atoms with Crippen LogP contribution >= 0.6 is 0 Å². The second-order valence-corrected chi connectivity index (χ2v) is 8.92. The molecule has 35 heavy (non-hydrogen) atoms. The van der Waals surface area contributed by atoms with Crippen molar-refractivity contribution in [3.8, 4) is 11.3 Å². The van der Waals surface area contributed by atoms with Crippen LogP contribution in [0.2, 0.25) is 0 Å². The molecule has 3 N–H and O–H groups in total. The Balaban J connectivity index is 1.45. The third kappa shape index (κ3) is 3.81. The summed E-state index contributed by atoms with van der Waals surface area (Å²) in [5, 5.41) is 21.4. The van der Waals surface area contributed by atoms with Crippen LogP contribution in [0.25, 0.3) is 27.9 Å². The Hall–Kier alpha value is -3.54. The van der Waals surface area contributed by atoms with Gasteiger partial charge in [-0.3, -0.25) is 4.79 Å². The molecule has 182 valence electrons. The first-order valence-corrected chi connectivity index (χ1v) is 11.8. The third-order valence-corrected chi connectivity index (χ3v) is 6.79. The predicted octanol–water partition coefficient (Wildman–Crippen LogP) is 1.63. The van der Waals surface area contributed by atoms with E-state index in [4.69, 9.17) is 14.5 Å². The summed E-state index contributed by atoms with van der Waals surface area (Å²) in [6.07, 6.45) is 6.53. The lowest BCUT2D eigenvalue weighted by Gasteiger charge is -2.24. The van der Waals surface area contributed by atoms with Gasteiger partial charge in [0.15, 0.2) is 5.65 Å². The molecule has 11 heteroatoms. The quantitative estimate of drug-likeness (QED) is 0.396. The Bertz CT molecular complexity index is 1390. The van der Waals surface area contributed by atoms with Crippen molar-refractivity contribution in [3.63, 3.8) is 0 Å². The largest absolute Gasteiger partial charge is 0.388 e. The number of nitrogens with one attached hydrogen (secondary N) is 2. The van der Waals surface area contributed by atoms with Gasteiger partial charge in [-0.15, -0.1) is 0 Å². The molecule has 6 heterocycles. The topological polar surface area (TPSA) is 128 Å². The Kier molecular flexibility index (Phi) is 5.59. The van der Waals surface area contributed by atoms with Crippen LogP contribution in [0.15, 0.2) is 36.8 Å². The highest BCUT2D eigenvalue weighted by Gasteiger charge is 2.29. The Morgan fingerprint density at radius 1 is 1.20 bits per heavy atom. The van der Waals surface area contributed by atoms with E-state index in [-0.39, 0.29) is 19.1 Å². The van der Waals surface area contributed by atoms with Gasteiger partial charge in [-0.2, -0.15) is 9.61 Å². The summed E-state index contributed by atoms with van der Waals surface area (Å²) in [6.45, 7) is 1.94. The zero-order chi connectivity index (χ0) is 23.9. The Labute approximate surface area is 201 Å². The summed E-state index contributed by atoms with van der Waals surface area (Å²) in [4.78, 5) is 22.6. The Morgan fingerprint density at radius 3 is 2.83 bits per heavy atom. The van der Waals surface area contributed by atoms with Gasteiger partial charge in [-0.25, -0.2) is 9.97 Å². The predicted molar refractivity (Wildman–Crippen MR) is 128 cm³/mol. The van der Waals surface area contributed by atoms with Crippen molar-refractivity contribution < 1.29 is 19.4 Å². The van der Waals surface area contributed by atoms with Crippen LogP contribution in [0.3, 0.4) is 0 Å². The van der Waals surface area contributed by atoms with Gasteiger partial charge in [0, 0.05) is 55.7 Å². The van der Waals surface area contributed by atoms with E-state index >= 15 is 0 Å². The zero-order valence-electron chi connectivity index (χ0n) is 19.3. The van der Waals surface area contributed by atoms with Crippen LogP contribution in [0, 0.1) is 0 Å². The normalized spacial score (nSPS) is 21.1. The minimum atomic E-state index is -0.735. The average Bonchev–Trinajstić information content (AvgIpc) is 3.61. The van der Waals surface area contributed by atoms with Crippen molar-refractivity contribution in [2.75, 3.05) is 38.8 Å². The molecular formula is C24H27N7O4. The summed E-state index contributed by atoms with van der Waals surface area (Å²) in [5.74, 6) is 0.344. The van der Waals surface area contributed by atoms with Crippen molar-refractivity contribution in [1.29, 1.82) is 0 Å². The van der Waals surface area contributed by atoms with Gasteiger partial charge >= 0.3 is 0 Å². The SMILES string of the molecule is CNc1cc(-c2cn(C3CCOCC3)c3ncccc23)nc2c(C(=O)N[C@H]3COC[C@H]3O)cnn12. The molecule has 2 fully saturated rings. The summed E-state index contributed by atoms with van der Waals surface area (Å²) in [5.41, 5.74) is 3.31. The second-order valence-electron chi connectivity index (χ2n) is 8.92. The first kappa shape index (κ1) is 22.0. The maximum absolute atomic E-state index is 13.1. The van der Waals surface area contributed by atoms with Crippen LogP contribution in [0.4, 0.5) is 5.82 Å². The van der Waals surface area contributed by atoms with Crippen LogP contribution in [-0.2, 0) is 9.47 Å². The number of nitrogens with zero attached hydrogens (tertiary/aromatic N) is 5. The fraction of sp³-hybridized carbons (Fsp3) is 0.417.